The molecule has 2 heterocycles. The van der Waals surface area contributed by atoms with Crippen molar-refractivity contribution in [1.82, 2.24) is 0 Å². The summed E-state index contributed by atoms with van der Waals surface area (Å²) >= 11 is 0. The molecule has 0 fully saturated rings. The standard InChI is InChI=1S/C50H54O19/c51-31(9-5-17-66-49-45(61)43-39(59)25-33(53)27-41(43)68-47(49)29-11-13-35(55)37(57)23-29)7-1-3-15-63-19-21-65-22-20-64-16-4-2-8-32(52)10-6-18-67-50-46(62)44-40(60)26-34(54)28-42(44)69-48(50)30-12-14-36(56)38(58)24-30/h11-14,23-28,53-60H,1-10,15-22H2. The number of phenols is 8. The summed E-state index contributed by atoms with van der Waals surface area (Å²) in [4.78, 5) is 51.8. The van der Waals surface area contributed by atoms with Gasteiger partial charge in [-0.3, -0.25) is 19.2 Å². The van der Waals surface area contributed by atoms with Crippen LogP contribution in [0.25, 0.3) is 44.6 Å². The van der Waals surface area contributed by atoms with Crippen molar-refractivity contribution in [2.45, 2.75) is 64.2 Å². The van der Waals surface area contributed by atoms with Gasteiger partial charge in [-0.05, 0) is 74.9 Å². The van der Waals surface area contributed by atoms with Crippen molar-refractivity contribution in [1.29, 1.82) is 0 Å². The number of ether oxygens (including phenoxy) is 5. The van der Waals surface area contributed by atoms with Crippen molar-refractivity contribution in [3.8, 4) is 80.1 Å². The number of hydrogen-bond donors (Lipinski definition) is 8. The molecule has 0 aliphatic carbocycles. The lowest BCUT2D eigenvalue weighted by Crippen LogP contribution is -2.12. The molecule has 0 saturated carbocycles. The summed E-state index contributed by atoms with van der Waals surface area (Å²) in [5.74, 6) is -4.14. The highest BCUT2D eigenvalue weighted by Crippen LogP contribution is 2.40. The van der Waals surface area contributed by atoms with E-state index in [0.717, 1.165) is 24.3 Å². The van der Waals surface area contributed by atoms with Gasteiger partial charge in [-0.15, -0.1) is 0 Å². The largest absolute Gasteiger partial charge is 0.508 e. The molecule has 69 heavy (non-hydrogen) atoms. The fourth-order valence-corrected chi connectivity index (χ4v) is 7.24. The molecule has 0 amide bonds. The molecule has 2 aromatic heterocycles. The van der Waals surface area contributed by atoms with Crippen molar-refractivity contribution in [3.05, 3.63) is 81.1 Å². The number of carbonyl (C=O) groups excluding carboxylic acids is 2. The Kier molecular flexibility index (Phi) is 18.1. The second-order valence-electron chi connectivity index (χ2n) is 16.0. The van der Waals surface area contributed by atoms with Crippen LogP contribution < -0.4 is 20.3 Å². The van der Waals surface area contributed by atoms with Gasteiger partial charge in [0.25, 0.3) is 0 Å². The second-order valence-corrected chi connectivity index (χ2v) is 16.0. The Balaban J connectivity index is 0.777. The monoisotopic (exact) mass is 958 g/mol. The van der Waals surface area contributed by atoms with Gasteiger partial charge in [0, 0.05) is 74.3 Å². The Morgan fingerprint density at radius 1 is 0.406 bits per heavy atom. The van der Waals surface area contributed by atoms with Crippen LogP contribution in [0.5, 0.6) is 57.5 Å². The van der Waals surface area contributed by atoms with Crippen LogP contribution >= 0.6 is 0 Å². The number of phenolic OH excluding ortho intramolecular Hbond substituents is 8. The molecule has 4 aromatic carbocycles. The highest BCUT2D eigenvalue weighted by molar-refractivity contribution is 5.89. The molecule has 6 aromatic rings. The number of hydrogen-bond acceptors (Lipinski definition) is 19. The fraction of sp³-hybridized carbons (Fsp3) is 0.360. The molecule has 8 N–H and O–H groups in total. The van der Waals surface area contributed by atoms with Gasteiger partial charge in [-0.2, -0.15) is 0 Å². The Morgan fingerprint density at radius 2 is 0.783 bits per heavy atom. The third-order valence-electron chi connectivity index (χ3n) is 10.7. The van der Waals surface area contributed by atoms with E-state index in [1.807, 2.05) is 0 Å². The predicted octanol–water partition coefficient (Wildman–Crippen LogP) is 7.43. The van der Waals surface area contributed by atoms with Crippen molar-refractivity contribution in [3.63, 3.8) is 0 Å². The van der Waals surface area contributed by atoms with Crippen molar-refractivity contribution >= 4 is 33.5 Å². The number of carbonyl (C=O) groups is 2. The van der Waals surface area contributed by atoms with E-state index in [1.54, 1.807) is 0 Å². The second kappa shape index (κ2) is 24.5. The van der Waals surface area contributed by atoms with Crippen LogP contribution in [-0.4, -0.2) is 105 Å². The third kappa shape index (κ3) is 13.8. The maximum atomic E-state index is 13.4. The molecule has 19 nitrogen and oxygen atoms in total. The van der Waals surface area contributed by atoms with E-state index in [4.69, 9.17) is 32.5 Å². The van der Waals surface area contributed by atoms with Crippen LogP contribution in [-0.2, 0) is 23.8 Å². The zero-order valence-electron chi connectivity index (χ0n) is 37.6. The minimum atomic E-state index is -0.722. The molecular weight excluding hydrogens is 905 g/mol. The number of fused-ring (bicyclic) bond motifs is 2. The average Bonchev–Trinajstić information content (AvgIpc) is 3.30. The smallest absolute Gasteiger partial charge is 0.239 e. The van der Waals surface area contributed by atoms with Crippen LogP contribution in [0.4, 0.5) is 0 Å². The fourth-order valence-electron chi connectivity index (χ4n) is 7.24. The van der Waals surface area contributed by atoms with E-state index in [1.165, 1.54) is 36.4 Å². The predicted molar refractivity (Wildman–Crippen MR) is 249 cm³/mol. The lowest BCUT2D eigenvalue weighted by molar-refractivity contribution is -0.120. The first-order valence-corrected chi connectivity index (χ1v) is 22.3. The molecule has 0 aliphatic rings. The summed E-state index contributed by atoms with van der Waals surface area (Å²) in [5, 5.41) is 79.6. The molecule has 6 rings (SSSR count). The number of Topliss-reactive ketones (excluding diaryl/α,β-unsaturated/α-hetero) is 2. The van der Waals surface area contributed by atoms with E-state index >= 15 is 0 Å². The van der Waals surface area contributed by atoms with Crippen LogP contribution in [0, 0.1) is 0 Å². The van der Waals surface area contributed by atoms with Crippen LogP contribution in [0.1, 0.15) is 64.2 Å². The molecule has 0 unspecified atom stereocenters. The molecule has 0 aliphatic heterocycles. The molecule has 19 heteroatoms. The Morgan fingerprint density at radius 3 is 1.17 bits per heavy atom. The van der Waals surface area contributed by atoms with E-state index in [-0.39, 0.29) is 118 Å². The van der Waals surface area contributed by atoms with Crippen molar-refractivity contribution in [2.75, 3.05) is 52.9 Å². The zero-order valence-corrected chi connectivity index (χ0v) is 37.6. The van der Waals surface area contributed by atoms with E-state index in [0.29, 0.717) is 78.2 Å². The topological polar surface area (TPSA) is 303 Å². The lowest BCUT2D eigenvalue weighted by Gasteiger charge is -2.13. The van der Waals surface area contributed by atoms with Crippen molar-refractivity contribution < 1.29 is 83.0 Å². The SMILES string of the molecule is O=C(CCCCOCCOCCOCCCCC(=O)CCCOc1c(-c2ccc(O)c(O)c2)oc2cc(O)cc(O)c2c1=O)CCCOc1c(-c2ccc(O)c(O)c2)oc2cc(O)cc(O)c2c1=O. The Labute approximate surface area is 393 Å². The van der Waals surface area contributed by atoms with Gasteiger partial charge < -0.3 is 73.4 Å². The summed E-state index contributed by atoms with van der Waals surface area (Å²) in [6, 6.07) is 11.8. The van der Waals surface area contributed by atoms with Crippen molar-refractivity contribution in [2.24, 2.45) is 0 Å². The lowest BCUT2D eigenvalue weighted by atomic mass is 10.1. The van der Waals surface area contributed by atoms with Crippen LogP contribution in [0.3, 0.4) is 0 Å². The number of benzene rings is 4. The first-order valence-electron chi connectivity index (χ1n) is 22.3. The highest BCUT2D eigenvalue weighted by Gasteiger charge is 2.24. The summed E-state index contributed by atoms with van der Waals surface area (Å²) in [5.41, 5.74) is -1.30. The number of aromatic hydroxyl groups is 8. The molecule has 368 valence electrons. The normalized spacial score (nSPS) is 11.4. The molecule has 0 saturated heterocycles. The average molecular weight is 959 g/mol. The first-order chi connectivity index (χ1) is 33.2. The maximum absolute atomic E-state index is 13.4. The summed E-state index contributed by atoms with van der Waals surface area (Å²) in [6.45, 7) is 2.33. The number of unbranched alkanes of at least 4 members (excludes halogenated alkanes) is 2. The zero-order chi connectivity index (χ0) is 49.5. The van der Waals surface area contributed by atoms with Gasteiger partial charge in [0.05, 0.1) is 39.6 Å². The van der Waals surface area contributed by atoms with E-state index in [9.17, 15) is 60.0 Å². The van der Waals surface area contributed by atoms with Gasteiger partial charge in [-0.25, -0.2) is 0 Å². The number of ketones is 2. The Bertz CT molecular complexity index is 2670. The number of rotatable bonds is 28. The molecule has 0 radical (unpaired) electrons. The van der Waals surface area contributed by atoms with Gasteiger partial charge in [0.15, 0.2) is 34.5 Å². The van der Waals surface area contributed by atoms with E-state index < -0.39 is 45.4 Å². The molecule has 0 bridgehead atoms. The molecular formula is C50H54O19. The highest BCUT2D eigenvalue weighted by atomic mass is 16.5. The van der Waals surface area contributed by atoms with E-state index in [2.05, 4.69) is 0 Å². The minimum Gasteiger partial charge on any atom is -0.508 e. The summed E-state index contributed by atoms with van der Waals surface area (Å²) < 4.78 is 39.9. The summed E-state index contributed by atoms with van der Waals surface area (Å²) in [7, 11) is 0. The summed E-state index contributed by atoms with van der Waals surface area (Å²) in [6.07, 6.45) is 4.20. The third-order valence-corrected chi connectivity index (χ3v) is 10.7. The Hall–Kier alpha value is -7.48. The van der Waals surface area contributed by atoms with Crippen LogP contribution in [0.2, 0.25) is 0 Å². The van der Waals surface area contributed by atoms with Crippen LogP contribution in [0.15, 0.2) is 79.1 Å². The molecule has 0 spiro atoms. The minimum absolute atomic E-state index is 0.00669. The van der Waals surface area contributed by atoms with Gasteiger partial charge in [-0.1, -0.05) is 0 Å². The first kappa shape index (κ1) is 50.9. The van der Waals surface area contributed by atoms with Gasteiger partial charge >= 0.3 is 0 Å². The van der Waals surface area contributed by atoms with Gasteiger partial charge in [0.1, 0.15) is 56.5 Å². The van der Waals surface area contributed by atoms with Gasteiger partial charge in [0.2, 0.25) is 22.4 Å². The quantitative estimate of drug-likeness (QED) is 0.0175. The molecule has 0 atom stereocenters. The maximum Gasteiger partial charge on any atom is 0.239 e.